The van der Waals surface area contributed by atoms with E-state index < -0.39 is 0 Å². The normalized spacial score (nSPS) is 12.0. The molecule has 2 rings (SSSR count). The van der Waals surface area contributed by atoms with E-state index in [9.17, 15) is 0 Å². The quantitative estimate of drug-likeness (QED) is 0.625. The van der Waals surface area contributed by atoms with Crippen LogP contribution in [-0.4, -0.2) is 13.2 Å². The van der Waals surface area contributed by atoms with Crippen molar-refractivity contribution in [3.05, 3.63) is 66.2 Å². The molecular formula is C20H27NO. The molecule has 0 saturated heterocycles. The van der Waals surface area contributed by atoms with Crippen molar-refractivity contribution in [2.75, 3.05) is 13.2 Å². The van der Waals surface area contributed by atoms with Crippen molar-refractivity contribution in [2.45, 2.75) is 38.6 Å². The van der Waals surface area contributed by atoms with Gasteiger partial charge in [0.2, 0.25) is 0 Å². The predicted molar refractivity (Wildman–Crippen MR) is 93.3 cm³/mol. The van der Waals surface area contributed by atoms with Gasteiger partial charge in [0.1, 0.15) is 12.4 Å². The Morgan fingerprint density at radius 3 is 2.23 bits per heavy atom. The smallest absolute Gasteiger partial charge is 0.119 e. The van der Waals surface area contributed by atoms with E-state index in [1.165, 1.54) is 31.2 Å². The van der Waals surface area contributed by atoms with Crippen LogP contribution in [0.3, 0.4) is 0 Å². The van der Waals surface area contributed by atoms with E-state index in [-0.39, 0.29) is 6.04 Å². The number of para-hydroxylation sites is 1. The Labute approximate surface area is 134 Å². The van der Waals surface area contributed by atoms with E-state index in [4.69, 9.17) is 4.74 Å². The van der Waals surface area contributed by atoms with Gasteiger partial charge in [0.05, 0.1) is 6.04 Å². The molecule has 1 unspecified atom stereocenters. The Balaban J connectivity index is 1.87. The molecule has 1 atom stereocenters. The first-order chi connectivity index (χ1) is 10.9. The lowest BCUT2D eigenvalue weighted by Gasteiger charge is -2.20. The molecule has 0 fully saturated rings. The lowest BCUT2D eigenvalue weighted by atomic mass is 10.1. The summed E-state index contributed by atoms with van der Waals surface area (Å²) >= 11 is 0. The molecule has 2 aromatic rings. The zero-order chi connectivity index (χ0) is 15.5. The minimum absolute atomic E-state index is 0.239. The van der Waals surface area contributed by atoms with Gasteiger partial charge in [0, 0.05) is 0 Å². The van der Waals surface area contributed by atoms with Crippen LogP contribution in [0.1, 0.15) is 44.2 Å². The number of nitrogens with one attached hydrogen (secondary N) is 1. The highest BCUT2D eigenvalue weighted by Crippen LogP contribution is 2.16. The SMILES string of the molecule is CCCCCCNC(COc1ccccc1)c1ccccc1. The molecule has 0 saturated carbocycles. The summed E-state index contributed by atoms with van der Waals surface area (Å²) in [6.45, 7) is 3.94. The summed E-state index contributed by atoms with van der Waals surface area (Å²) in [4.78, 5) is 0. The van der Waals surface area contributed by atoms with Crippen LogP contribution in [-0.2, 0) is 0 Å². The zero-order valence-corrected chi connectivity index (χ0v) is 13.5. The van der Waals surface area contributed by atoms with Gasteiger partial charge in [-0.3, -0.25) is 0 Å². The first kappa shape index (κ1) is 16.6. The maximum Gasteiger partial charge on any atom is 0.119 e. The van der Waals surface area contributed by atoms with Gasteiger partial charge >= 0.3 is 0 Å². The molecule has 2 aromatic carbocycles. The largest absolute Gasteiger partial charge is 0.492 e. The standard InChI is InChI=1S/C20H27NO/c1-2-3-4-11-16-21-20(18-12-7-5-8-13-18)17-22-19-14-9-6-10-15-19/h5-10,12-15,20-21H,2-4,11,16-17H2,1H3. The second kappa shape index (κ2) is 10.0. The van der Waals surface area contributed by atoms with Crippen LogP contribution in [0.5, 0.6) is 5.75 Å². The lowest BCUT2D eigenvalue weighted by Crippen LogP contribution is -2.27. The average Bonchev–Trinajstić information content (AvgIpc) is 2.59. The summed E-state index contributed by atoms with van der Waals surface area (Å²) in [6.07, 6.45) is 5.12. The third-order valence-electron chi connectivity index (χ3n) is 3.78. The second-order valence-corrected chi connectivity index (χ2v) is 5.60. The van der Waals surface area contributed by atoms with E-state index in [1.54, 1.807) is 0 Å². The molecule has 0 spiro atoms. The van der Waals surface area contributed by atoms with Crippen LogP contribution in [0.2, 0.25) is 0 Å². The first-order valence-corrected chi connectivity index (χ1v) is 8.36. The minimum atomic E-state index is 0.239. The number of rotatable bonds is 10. The van der Waals surface area contributed by atoms with Gasteiger partial charge in [0.15, 0.2) is 0 Å². The van der Waals surface area contributed by atoms with E-state index in [0.717, 1.165) is 12.3 Å². The molecule has 0 heterocycles. The fourth-order valence-corrected chi connectivity index (χ4v) is 2.48. The maximum atomic E-state index is 5.94. The molecule has 0 aliphatic heterocycles. The Morgan fingerprint density at radius 2 is 1.55 bits per heavy atom. The summed E-state index contributed by atoms with van der Waals surface area (Å²) in [5.74, 6) is 0.927. The zero-order valence-electron chi connectivity index (χ0n) is 13.5. The van der Waals surface area contributed by atoms with Gasteiger partial charge in [-0.2, -0.15) is 0 Å². The van der Waals surface area contributed by atoms with Gasteiger partial charge in [-0.1, -0.05) is 74.7 Å². The molecule has 118 valence electrons. The van der Waals surface area contributed by atoms with Crippen LogP contribution < -0.4 is 10.1 Å². The summed E-state index contributed by atoms with van der Waals surface area (Å²) in [6, 6.07) is 20.8. The van der Waals surface area contributed by atoms with Gasteiger partial charge in [-0.15, -0.1) is 0 Å². The molecule has 0 aromatic heterocycles. The van der Waals surface area contributed by atoms with Gasteiger partial charge in [-0.05, 0) is 30.7 Å². The van der Waals surface area contributed by atoms with Crippen molar-refractivity contribution in [3.63, 3.8) is 0 Å². The first-order valence-electron chi connectivity index (χ1n) is 8.36. The van der Waals surface area contributed by atoms with Crippen LogP contribution >= 0.6 is 0 Å². The van der Waals surface area contributed by atoms with Crippen LogP contribution in [0.4, 0.5) is 0 Å². The summed E-state index contributed by atoms with van der Waals surface area (Å²) in [5, 5.41) is 3.64. The van der Waals surface area contributed by atoms with Crippen LogP contribution in [0.25, 0.3) is 0 Å². The number of hydrogen-bond donors (Lipinski definition) is 1. The number of benzene rings is 2. The highest BCUT2D eigenvalue weighted by Gasteiger charge is 2.11. The number of unbranched alkanes of at least 4 members (excludes halogenated alkanes) is 3. The van der Waals surface area contributed by atoms with E-state index >= 15 is 0 Å². The van der Waals surface area contributed by atoms with Crippen molar-refractivity contribution in [1.29, 1.82) is 0 Å². The summed E-state index contributed by atoms with van der Waals surface area (Å²) in [7, 11) is 0. The number of hydrogen-bond acceptors (Lipinski definition) is 2. The highest BCUT2D eigenvalue weighted by atomic mass is 16.5. The molecule has 0 radical (unpaired) electrons. The van der Waals surface area contributed by atoms with Gasteiger partial charge in [0.25, 0.3) is 0 Å². The van der Waals surface area contributed by atoms with Gasteiger partial charge in [-0.25, -0.2) is 0 Å². The van der Waals surface area contributed by atoms with Gasteiger partial charge < -0.3 is 10.1 Å². The Morgan fingerprint density at radius 1 is 0.864 bits per heavy atom. The Kier molecular flexibility index (Phi) is 7.54. The van der Waals surface area contributed by atoms with Crippen molar-refractivity contribution in [1.82, 2.24) is 5.32 Å². The monoisotopic (exact) mass is 297 g/mol. The molecule has 2 nitrogen and oxygen atoms in total. The maximum absolute atomic E-state index is 5.94. The molecule has 0 amide bonds. The van der Waals surface area contributed by atoms with Crippen LogP contribution in [0, 0.1) is 0 Å². The van der Waals surface area contributed by atoms with Crippen molar-refractivity contribution in [3.8, 4) is 5.75 Å². The fraction of sp³-hybridized carbons (Fsp3) is 0.400. The van der Waals surface area contributed by atoms with Crippen molar-refractivity contribution < 1.29 is 4.74 Å². The van der Waals surface area contributed by atoms with Crippen molar-refractivity contribution in [2.24, 2.45) is 0 Å². The molecule has 22 heavy (non-hydrogen) atoms. The van der Waals surface area contributed by atoms with Crippen molar-refractivity contribution >= 4 is 0 Å². The predicted octanol–water partition coefficient (Wildman–Crippen LogP) is 4.98. The Bertz CT molecular complexity index is 498. The molecule has 0 aliphatic rings. The van der Waals surface area contributed by atoms with E-state index in [0.29, 0.717) is 6.61 Å². The third-order valence-corrected chi connectivity index (χ3v) is 3.78. The fourth-order valence-electron chi connectivity index (χ4n) is 2.48. The highest BCUT2D eigenvalue weighted by molar-refractivity contribution is 5.22. The molecule has 0 aliphatic carbocycles. The summed E-state index contributed by atoms with van der Waals surface area (Å²) < 4.78 is 5.94. The third kappa shape index (κ3) is 5.90. The Hall–Kier alpha value is -1.80. The second-order valence-electron chi connectivity index (χ2n) is 5.60. The lowest BCUT2D eigenvalue weighted by molar-refractivity contribution is 0.265. The van der Waals surface area contributed by atoms with E-state index in [2.05, 4.69) is 42.6 Å². The minimum Gasteiger partial charge on any atom is -0.492 e. The number of ether oxygens (including phenoxy) is 1. The average molecular weight is 297 g/mol. The summed E-state index contributed by atoms with van der Waals surface area (Å²) in [5.41, 5.74) is 1.29. The molecule has 2 heteroatoms. The van der Waals surface area contributed by atoms with E-state index in [1.807, 2.05) is 30.3 Å². The topological polar surface area (TPSA) is 21.3 Å². The molecule has 1 N–H and O–H groups in total. The molecule has 0 bridgehead atoms. The molecular weight excluding hydrogens is 270 g/mol. The van der Waals surface area contributed by atoms with Crippen LogP contribution in [0.15, 0.2) is 60.7 Å².